The highest BCUT2D eigenvalue weighted by molar-refractivity contribution is 5.87. The average molecular weight is 118 g/mol. The summed E-state index contributed by atoms with van der Waals surface area (Å²) in [6.07, 6.45) is 7.56. The number of fused-ring (bicyclic) bond motifs is 1. The van der Waals surface area contributed by atoms with Gasteiger partial charge in [0.1, 0.15) is 0 Å². The number of nitrogens with zero attached hydrogens (tertiary/aromatic N) is 1. The van der Waals surface area contributed by atoms with Crippen molar-refractivity contribution in [2.24, 2.45) is 10.7 Å². The molecule has 0 radical (unpaired) electrons. The van der Waals surface area contributed by atoms with Gasteiger partial charge in [-0.1, -0.05) is 12.2 Å². The molecule has 0 unspecified atom stereocenters. The van der Waals surface area contributed by atoms with E-state index < -0.39 is 0 Å². The lowest BCUT2D eigenvalue weighted by Gasteiger charge is -1.88. The second-order valence-electron chi connectivity index (χ2n) is 2.04. The lowest BCUT2D eigenvalue weighted by Crippen LogP contribution is -1.96. The van der Waals surface area contributed by atoms with Gasteiger partial charge in [-0.25, -0.2) is 0 Å². The van der Waals surface area contributed by atoms with Gasteiger partial charge in [-0.05, 0) is 6.08 Å². The molecule has 0 amide bonds. The van der Waals surface area contributed by atoms with E-state index in [0.717, 1.165) is 17.0 Å². The Bertz CT molecular complexity index is 267. The first-order chi connectivity index (χ1) is 4.38. The summed E-state index contributed by atoms with van der Waals surface area (Å²) in [4.78, 5) is 4.05. The van der Waals surface area contributed by atoms with Crippen molar-refractivity contribution in [2.45, 2.75) is 0 Å². The molecule has 0 spiro atoms. The third-order valence-electron chi connectivity index (χ3n) is 1.45. The summed E-state index contributed by atoms with van der Waals surface area (Å²) in [6, 6.07) is 0. The van der Waals surface area contributed by atoms with Crippen LogP contribution in [-0.4, -0.2) is 6.21 Å². The van der Waals surface area contributed by atoms with Gasteiger partial charge in [0.05, 0.1) is 17.6 Å². The Kier molecular flexibility index (Phi) is 0.681. The van der Waals surface area contributed by atoms with Gasteiger partial charge in [0, 0.05) is 5.57 Å². The third-order valence-corrected chi connectivity index (χ3v) is 1.45. The van der Waals surface area contributed by atoms with Gasteiger partial charge in [0.15, 0.2) is 0 Å². The minimum Gasteiger partial charge on any atom is -0.397 e. The maximum absolute atomic E-state index is 5.56. The van der Waals surface area contributed by atoms with Crippen molar-refractivity contribution in [1.82, 2.24) is 0 Å². The highest BCUT2D eigenvalue weighted by Gasteiger charge is 2.12. The Hall–Kier alpha value is -1.31. The van der Waals surface area contributed by atoms with Gasteiger partial charge in [-0.3, -0.25) is 4.99 Å². The fourth-order valence-electron chi connectivity index (χ4n) is 0.976. The largest absolute Gasteiger partial charge is 0.397 e. The van der Waals surface area contributed by atoms with Crippen molar-refractivity contribution in [3.63, 3.8) is 0 Å². The predicted molar refractivity (Wildman–Crippen MR) is 36.9 cm³/mol. The number of hydrogen-bond acceptors (Lipinski definition) is 2. The number of allylic oxidation sites excluding steroid dienone is 4. The molecule has 0 saturated heterocycles. The van der Waals surface area contributed by atoms with E-state index in [9.17, 15) is 0 Å². The van der Waals surface area contributed by atoms with Gasteiger partial charge in [-0.2, -0.15) is 0 Å². The topological polar surface area (TPSA) is 38.4 Å². The standard InChI is InChI=1S/C7H6N2/c8-6-4-9-7-3-1-2-5(6)7/h1-4H,8H2. The first kappa shape index (κ1) is 4.56. The molecule has 0 aromatic rings. The van der Waals surface area contributed by atoms with Crippen molar-refractivity contribution in [2.75, 3.05) is 0 Å². The van der Waals surface area contributed by atoms with Gasteiger partial charge >= 0.3 is 0 Å². The second-order valence-corrected chi connectivity index (χ2v) is 2.04. The van der Waals surface area contributed by atoms with Crippen LogP contribution in [0.2, 0.25) is 0 Å². The van der Waals surface area contributed by atoms with Crippen LogP contribution in [0.15, 0.2) is 40.2 Å². The summed E-state index contributed by atoms with van der Waals surface area (Å²) in [5.74, 6) is 0. The molecular weight excluding hydrogens is 112 g/mol. The molecule has 0 bridgehead atoms. The van der Waals surface area contributed by atoms with E-state index in [1.54, 1.807) is 6.21 Å². The van der Waals surface area contributed by atoms with Gasteiger partial charge in [0.25, 0.3) is 0 Å². The second kappa shape index (κ2) is 1.35. The van der Waals surface area contributed by atoms with Crippen LogP contribution >= 0.6 is 0 Å². The molecule has 1 heterocycles. The Morgan fingerprint density at radius 3 is 3.11 bits per heavy atom. The number of aliphatic imine (C=N–C) groups is 1. The van der Waals surface area contributed by atoms with Crippen molar-refractivity contribution >= 4 is 6.21 Å². The van der Waals surface area contributed by atoms with Crippen LogP contribution in [0.5, 0.6) is 0 Å². The van der Waals surface area contributed by atoms with Crippen LogP contribution in [-0.2, 0) is 0 Å². The molecule has 0 atom stereocenters. The highest BCUT2D eigenvalue weighted by atomic mass is 14.8. The zero-order valence-electron chi connectivity index (χ0n) is 4.83. The molecule has 44 valence electrons. The molecule has 2 rings (SSSR count). The fraction of sp³-hybridized carbons (Fsp3) is 0. The Balaban J connectivity index is 2.62. The van der Waals surface area contributed by atoms with E-state index in [-0.39, 0.29) is 0 Å². The van der Waals surface area contributed by atoms with E-state index in [1.165, 1.54) is 0 Å². The Labute approximate surface area is 53.1 Å². The zero-order chi connectivity index (χ0) is 6.27. The molecular formula is C7H6N2. The maximum Gasteiger partial charge on any atom is 0.0724 e. The summed E-state index contributed by atoms with van der Waals surface area (Å²) in [6.45, 7) is 0. The van der Waals surface area contributed by atoms with Gasteiger partial charge < -0.3 is 5.73 Å². The molecule has 0 saturated carbocycles. The lowest BCUT2D eigenvalue weighted by molar-refractivity contribution is 1.40. The minimum atomic E-state index is 0.773. The van der Waals surface area contributed by atoms with Crippen molar-refractivity contribution < 1.29 is 0 Å². The zero-order valence-corrected chi connectivity index (χ0v) is 4.83. The summed E-state index contributed by atoms with van der Waals surface area (Å²) in [5, 5.41) is 0. The summed E-state index contributed by atoms with van der Waals surface area (Å²) >= 11 is 0. The van der Waals surface area contributed by atoms with Crippen molar-refractivity contribution in [3.05, 3.63) is 35.2 Å². The molecule has 2 N–H and O–H groups in total. The van der Waals surface area contributed by atoms with Crippen LogP contribution in [0.4, 0.5) is 0 Å². The van der Waals surface area contributed by atoms with Crippen molar-refractivity contribution in [3.8, 4) is 0 Å². The van der Waals surface area contributed by atoms with Gasteiger partial charge in [-0.15, -0.1) is 0 Å². The Morgan fingerprint density at radius 1 is 1.44 bits per heavy atom. The van der Waals surface area contributed by atoms with E-state index in [2.05, 4.69) is 4.99 Å². The molecule has 0 aromatic carbocycles. The van der Waals surface area contributed by atoms with Crippen LogP contribution in [0.25, 0.3) is 0 Å². The molecule has 2 aliphatic rings. The average Bonchev–Trinajstić information content (AvgIpc) is 2.35. The molecule has 9 heavy (non-hydrogen) atoms. The SMILES string of the molecule is NC1=C2C=CC=C2N=C1. The molecule has 0 aromatic heterocycles. The molecule has 1 aliphatic heterocycles. The molecule has 1 aliphatic carbocycles. The van der Waals surface area contributed by atoms with Crippen LogP contribution in [0, 0.1) is 0 Å². The number of hydrogen-bond donors (Lipinski definition) is 1. The third kappa shape index (κ3) is 0.470. The number of rotatable bonds is 0. The monoisotopic (exact) mass is 118 g/mol. The summed E-state index contributed by atoms with van der Waals surface area (Å²) in [7, 11) is 0. The van der Waals surface area contributed by atoms with Crippen LogP contribution in [0.3, 0.4) is 0 Å². The quantitative estimate of drug-likeness (QED) is 0.500. The minimum absolute atomic E-state index is 0.773. The molecule has 2 nitrogen and oxygen atoms in total. The first-order valence-electron chi connectivity index (χ1n) is 2.80. The summed E-state index contributed by atoms with van der Waals surface area (Å²) in [5.41, 5.74) is 8.39. The lowest BCUT2D eigenvalue weighted by atomic mass is 10.2. The van der Waals surface area contributed by atoms with Gasteiger partial charge in [0.2, 0.25) is 0 Å². The number of nitrogens with two attached hydrogens (primary N) is 1. The summed E-state index contributed by atoms with van der Waals surface area (Å²) < 4.78 is 0. The smallest absolute Gasteiger partial charge is 0.0724 e. The van der Waals surface area contributed by atoms with Crippen molar-refractivity contribution in [1.29, 1.82) is 0 Å². The predicted octanol–water partition coefficient (Wildman–Crippen LogP) is 0.737. The van der Waals surface area contributed by atoms with E-state index in [0.29, 0.717) is 0 Å². The van der Waals surface area contributed by atoms with E-state index in [1.807, 2.05) is 18.2 Å². The molecule has 0 fully saturated rings. The van der Waals surface area contributed by atoms with E-state index >= 15 is 0 Å². The fourth-order valence-corrected chi connectivity index (χ4v) is 0.976. The normalized spacial score (nSPS) is 21.1. The van der Waals surface area contributed by atoms with E-state index in [4.69, 9.17) is 5.73 Å². The highest BCUT2D eigenvalue weighted by Crippen LogP contribution is 2.24. The first-order valence-corrected chi connectivity index (χ1v) is 2.80. The maximum atomic E-state index is 5.56. The molecule has 2 heteroatoms. The Morgan fingerprint density at radius 2 is 2.33 bits per heavy atom. The van der Waals surface area contributed by atoms with Crippen LogP contribution < -0.4 is 5.73 Å². The van der Waals surface area contributed by atoms with Crippen LogP contribution in [0.1, 0.15) is 0 Å².